The lowest BCUT2D eigenvalue weighted by Crippen LogP contribution is -2.49. The molecule has 4 heterocycles. The fourth-order valence-corrected chi connectivity index (χ4v) is 4.82. The van der Waals surface area contributed by atoms with Crippen molar-refractivity contribution in [2.75, 3.05) is 37.9 Å². The predicted molar refractivity (Wildman–Crippen MR) is 135 cm³/mol. The van der Waals surface area contributed by atoms with E-state index in [9.17, 15) is 18.0 Å². The topological polar surface area (TPSA) is 93.8 Å². The molecular weight excluding hydrogens is 515 g/mol. The van der Waals surface area contributed by atoms with Crippen molar-refractivity contribution >= 4 is 22.8 Å². The molecule has 202 valence electrons. The molecule has 1 saturated heterocycles. The van der Waals surface area contributed by atoms with Gasteiger partial charge in [-0.25, -0.2) is 4.98 Å². The van der Waals surface area contributed by atoms with E-state index < -0.39 is 11.7 Å². The average molecular weight is 540 g/mol. The lowest BCUT2D eigenvalue weighted by atomic mass is 10.1. The van der Waals surface area contributed by atoms with Crippen LogP contribution in [0.15, 0.2) is 47.0 Å². The summed E-state index contributed by atoms with van der Waals surface area (Å²) < 4.78 is 56.4. The highest BCUT2D eigenvalue weighted by molar-refractivity contribution is 5.98. The van der Waals surface area contributed by atoms with Crippen molar-refractivity contribution in [3.8, 4) is 22.8 Å². The van der Waals surface area contributed by atoms with Crippen molar-refractivity contribution in [3.05, 3.63) is 59.4 Å². The number of ether oxygens (including phenoxy) is 2. The Labute approximate surface area is 221 Å². The number of amides is 1. The zero-order chi connectivity index (χ0) is 27.1. The van der Waals surface area contributed by atoms with E-state index >= 15 is 0 Å². The summed E-state index contributed by atoms with van der Waals surface area (Å²) in [5.41, 5.74) is 0.445. The van der Waals surface area contributed by atoms with Gasteiger partial charge in [0.05, 0.1) is 5.56 Å². The molecule has 0 unspecified atom stereocenters. The molecule has 6 rings (SSSR count). The van der Waals surface area contributed by atoms with Gasteiger partial charge >= 0.3 is 6.18 Å². The molecule has 0 aliphatic carbocycles. The van der Waals surface area contributed by atoms with Crippen LogP contribution < -0.4 is 14.4 Å². The Bertz CT molecular complexity index is 1550. The average Bonchev–Trinajstić information content (AvgIpc) is 3.59. The number of hydrogen-bond donors (Lipinski definition) is 0. The van der Waals surface area contributed by atoms with E-state index in [2.05, 4.69) is 10.1 Å². The van der Waals surface area contributed by atoms with Crippen LogP contribution in [-0.4, -0.2) is 58.9 Å². The van der Waals surface area contributed by atoms with Gasteiger partial charge in [0.2, 0.25) is 6.79 Å². The van der Waals surface area contributed by atoms with Crippen molar-refractivity contribution in [1.29, 1.82) is 0 Å². The minimum Gasteiger partial charge on any atom is -0.454 e. The molecule has 0 radical (unpaired) electrons. The lowest BCUT2D eigenvalue weighted by molar-refractivity contribution is -0.137. The van der Waals surface area contributed by atoms with E-state index in [4.69, 9.17) is 19.0 Å². The van der Waals surface area contributed by atoms with Gasteiger partial charge in [-0.1, -0.05) is 24.2 Å². The number of aryl methyl sites for hydroxylation is 1. The number of anilines is 1. The van der Waals surface area contributed by atoms with Crippen LogP contribution in [0.4, 0.5) is 19.0 Å². The van der Waals surface area contributed by atoms with Gasteiger partial charge in [0.1, 0.15) is 22.7 Å². The van der Waals surface area contributed by atoms with Gasteiger partial charge in [0.15, 0.2) is 11.5 Å². The van der Waals surface area contributed by atoms with Gasteiger partial charge in [0.25, 0.3) is 11.6 Å². The van der Waals surface area contributed by atoms with Crippen LogP contribution in [-0.2, 0) is 12.6 Å². The molecule has 1 fully saturated rings. The molecule has 2 aromatic carbocycles. The smallest absolute Gasteiger partial charge is 0.416 e. The number of hydrogen-bond acceptors (Lipinski definition) is 8. The summed E-state index contributed by atoms with van der Waals surface area (Å²) in [6, 6.07) is 10.1. The van der Waals surface area contributed by atoms with E-state index in [1.807, 2.05) is 11.8 Å². The number of nitrogens with zero attached hydrogens (tertiary/aromatic N) is 5. The molecule has 0 saturated carbocycles. The van der Waals surface area contributed by atoms with Crippen LogP contribution in [0.5, 0.6) is 11.5 Å². The van der Waals surface area contributed by atoms with Crippen LogP contribution in [0, 0.1) is 0 Å². The first-order valence-corrected chi connectivity index (χ1v) is 12.6. The number of alkyl halides is 3. The van der Waals surface area contributed by atoms with Crippen LogP contribution in [0.2, 0.25) is 0 Å². The van der Waals surface area contributed by atoms with Crippen molar-refractivity contribution in [2.45, 2.75) is 25.9 Å². The van der Waals surface area contributed by atoms with Crippen molar-refractivity contribution in [2.24, 2.45) is 0 Å². The second kappa shape index (κ2) is 9.75. The quantitative estimate of drug-likeness (QED) is 0.352. The molecule has 0 N–H and O–H groups in total. The van der Waals surface area contributed by atoms with Crippen LogP contribution in [0.1, 0.15) is 35.1 Å². The second-order valence-corrected chi connectivity index (χ2v) is 9.35. The molecule has 39 heavy (non-hydrogen) atoms. The third kappa shape index (κ3) is 4.70. The van der Waals surface area contributed by atoms with Crippen molar-refractivity contribution in [3.63, 3.8) is 0 Å². The maximum Gasteiger partial charge on any atom is 0.416 e. The summed E-state index contributed by atoms with van der Waals surface area (Å²) >= 11 is 0. The summed E-state index contributed by atoms with van der Waals surface area (Å²) in [6.45, 7) is 3.90. The summed E-state index contributed by atoms with van der Waals surface area (Å²) in [5, 5.41) is 4.55. The maximum absolute atomic E-state index is 13.4. The fraction of sp³-hybridized carbons (Fsp3) is 0.333. The highest BCUT2D eigenvalue weighted by atomic mass is 19.4. The standard InChI is InChI=1S/C27H24F3N5O4/c1-2-4-21-31-24(22-23(33-39-25(22)32-21)16-5-3-6-18(13-16)27(28,29)30)34-9-11-35(12-10-34)26(36)17-7-8-19-20(14-17)38-15-37-19/h3,5-8,13-14H,2,4,9-12,15H2,1H3. The van der Waals surface area contributed by atoms with Crippen LogP contribution >= 0.6 is 0 Å². The molecule has 0 spiro atoms. The van der Waals surface area contributed by atoms with Gasteiger partial charge in [-0.2, -0.15) is 18.2 Å². The number of aromatic nitrogens is 3. The third-order valence-corrected chi connectivity index (χ3v) is 6.79. The molecule has 0 bridgehead atoms. The molecule has 12 heteroatoms. The number of piperazine rings is 1. The van der Waals surface area contributed by atoms with E-state index in [0.717, 1.165) is 18.6 Å². The van der Waals surface area contributed by atoms with Crippen molar-refractivity contribution < 1.29 is 32.0 Å². The number of carbonyl (C=O) groups excluding carboxylic acids is 1. The fourth-order valence-electron chi connectivity index (χ4n) is 4.82. The van der Waals surface area contributed by atoms with E-state index in [0.29, 0.717) is 66.7 Å². The van der Waals surface area contributed by atoms with Gasteiger partial charge < -0.3 is 23.8 Å². The SMILES string of the molecule is CCCc1nc(N2CCN(C(=O)c3ccc4c(c3)OCO4)CC2)c2c(-c3cccc(C(F)(F)F)c3)noc2n1. The maximum atomic E-state index is 13.4. The van der Waals surface area contributed by atoms with E-state index in [1.54, 1.807) is 29.2 Å². The minimum absolute atomic E-state index is 0.123. The second-order valence-electron chi connectivity index (χ2n) is 9.35. The summed E-state index contributed by atoms with van der Waals surface area (Å²) in [4.78, 5) is 26.2. The number of rotatable bonds is 5. The van der Waals surface area contributed by atoms with Crippen molar-refractivity contribution in [1.82, 2.24) is 20.0 Å². The minimum atomic E-state index is -4.50. The largest absolute Gasteiger partial charge is 0.454 e. The van der Waals surface area contributed by atoms with Gasteiger partial charge in [0, 0.05) is 43.7 Å². The number of fused-ring (bicyclic) bond motifs is 2. The number of benzene rings is 2. The predicted octanol–water partition coefficient (Wildman–Crippen LogP) is 4.95. The zero-order valence-corrected chi connectivity index (χ0v) is 21.0. The normalized spacial score (nSPS) is 15.3. The summed E-state index contributed by atoms with van der Waals surface area (Å²) in [5.74, 6) is 2.12. The van der Waals surface area contributed by atoms with Gasteiger partial charge in [-0.15, -0.1) is 0 Å². The first-order valence-electron chi connectivity index (χ1n) is 12.6. The lowest BCUT2D eigenvalue weighted by Gasteiger charge is -2.35. The molecule has 1 amide bonds. The van der Waals surface area contributed by atoms with E-state index in [1.165, 1.54) is 6.07 Å². The Balaban J connectivity index is 1.30. The molecule has 2 aliphatic rings. The molecule has 9 nitrogen and oxygen atoms in total. The van der Waals surface area contributed by atoms with E-state index in [-0.39, 0.29) is 29.7 Å². The molecule has 2 aromatic heterocycles. The Morgan fingerprint density at radius 1 is 1.00 bits per heavy atom. The zero-order valence-electron chi connectivity index (χ0n) is 21.0. The Morgan fingerprint density at radius 3 is 2.56 bits per heavy atom. The van der Waals surface area contributed by atoms with Gasteiger partial charge in [-0.3, -0.25) is 4.79 Å². The third-order valence-electron chi connectivity index (χ3n) is 6.79. The highest BCUT2D eigenvalue weighted by Crippen LogP contribution is 2.37. The Kier molecular flexibility index (Phi) is 6.24. The Morgan fingerprint density at radius 2 is 1.79 bits per heavy atom. The monoisotopic (exact) mass is 539 g/mol. The highest BCUT2D eigenvalue weighted by Gasteiger charge is 2.32. The van der Waals surface area contributed by atoms with Crippen LogP contribution in [0.25, 0.3) is 22.4 Å². The molecular formula is C27H24F3N5O4. The summed E-state index contributed by atoms with van der Waals surface area (Å²) in [7, 11) is 0. The first kappa shape index (κ1) is 25.0. The van der Waals surface area contributed by atoms with Crippen LogP contribution in [0.3, 0.4) is 0 Å². The number of halogens is 3. The summed E-state index contributed by atoms with van der Waals surface area (Å²) in [6.07, 6.45) is -3.09. The first-order chi connectivity index (χ1) is 18.8. The Hall–Kier alpha value is -4.35. The molecule has 0 atom stereocenters. The number of carbonyl (C=O) groups is 1. The van der Waals surface area contributed by atoms with Gasteiger partial charge in [-0.05, 0) is 36.8 Å². The molecule has 2 aliphatic heterocycles. The molecule has 4 aromatic rings.